The van der Waals surface area contributed by atoms with Crippen LogP contribution in [0.5, 0.6) is 5.75 Å². The molecule has 1 unspecified atom stereocenters. The number of esters is 1. The molecular weight excluding hydrogens is 494 g/mol. The lowest BCUT2D eigenvalue weighted by atomic mass is 10.2. The lowest BCUT2D eigenvalue weighted by molar-refractivity contribution is -0.274. The Balaban J connectivity index is 2.25. The van der Waals surface area contributed by atoms with Crippen molar-refractivity contribution >= 4 is 28.0 Å². The minimum absolute atomic E-state index is 0.0313. The van der Waals surface area contributed by atoms with Gasteiger partial charge in [-0.3, -0.25) is 4.79 Å². The molecule has 3 rings (SSSR count). The molecule has 1 heterocycles. The first-order valence-corrected chi connectivity index (χ1v) is 10.7. The zero-order valence-electron chi connectivity index (χ0n) is 17.1. The fourth-order valence-corrected chi connectivity index (χ4v) is 4.08. The SMILES string of the molecule is CCOC(=O)c1nn(-c2ccc(OC(F)(F)F)cc2)c2cccc([S+]([O-])CC(F)(F)F)c2c1=O. The van der Waals surface area contributed by atoms with Gasteiger partial charge in [0.2, 0.25) is 16.9 Å². The van der Waals surface area contributed by atoms with Gasteiger partial charge in [-0.25, -0.2) is 9.48 Å². The van der Waals surface area contributed by atoms with Gasteiger partial charge in [0.05, 0.1) is 17.8 Å². The number of halogens is 6. The molecule has 0 aliphatic carbocycles. The van der Waals surface area contributed by atoms with Gasteiger partial charge in [0.1, 0.15) is 11.1 Å². The second-order valence-electron chi connectivity index (χ2n) is 6.61. The second kappa shape index (κ2) is 9.54. The molecule has 3 aromatic rings. The standard InChI is InChI=1S/C20H14F6N2O5S/c1-2-32-18(30)16-17(29)15-13(4-3-5-14(15)34(31)10-19(21,22)23)28(27-16)11-6-8-12(9-7-11)33-20(24,25)26/h3-9H,2,10H2,1H3. The number of aromatic nitrogens is 2. The van der Waals surface area contributed by atoms with Crippen molar-refractivity contribution in [3.8, 4) is 11.4 Å². The van der Waals surface area contributed by atoms with Gasteiger partial charge in [-0.15, -0.1) is 13.2 Å². The van der Waals surface area contributed by atoms with Crippen LogP contribution in [0.4, 0.5) is 26.3 Å². The van der Waals surface area contributed by atoms with Crippen LogP contribution in [0.25, 0.3) is 16.6 Å². The van der Waals surface area contributed by atoms with Crippen molar-refractivity contribution in [2.24, 2.45) is 0 Å². The van der Waals surface area contributed by atoms with Crippen LogP contribution in [0.2, 0.25) is 0 Å². The van der Waals surface area contributed by atoms with Crippen LogP contribution < -0.4 is 10.2 Å². The van der Waals surface area contributed by atoms with Gasteiger partial charge in [0, 0.05) is 0 Å². The smallest absolute Gasteiger partial charge is 0.573 e. The molecule has 0 aliphatic heterocycles. The van der Waals surface area contributed by atoms with Crippen molar-refractivity contribution < 1.29 is 45.2 Å². The maximum Gasteiger partial charge on any atom is 0.573 e. The predicted molar refractivity (Wildman–Crippen MR) is 107 cm³/mol. The highest BCUT2D eigenvalue weighted by Crippen LogP contribution is 2.29. The first kappa shape index (κ1) is 25.4. The Hall–Kier alpha value is -3.26. The number of hydrogen-bond acceptors (Lipinski definition) is 6. The van der Waals surface area contributed by atoms with E-state index in [0.29, 0.717) is 0 Å². The number of carbonyl (C=O) groups excluding carboxylic acids is 1. The highest BCUT2D eigenvalue weighted by Gasteiger charge is 2.37. The lowest BCUT2D eigenvalue weighted by Crippen LogP contribution is -2.27. The van der Waals surface area contributed by atoms with Gasteiger partial charge in [-0.05, 0) is 54.5 Å². The average Bonchev–Trinajstić information content (AvgIpc) is 2.72. The molecule has 182 valence electrons. The van der Waals surface area contributed by atoms with E-state index in [-0.39, 0.29) is 17.8 Å². The highest BCUT2D eigenvalue weighted by molar-refractivity contribution is 7.91. The molecule has 0 bridgehead atoms. The Bertz CT molecular complexity index is 1260. The van der Waals surface area contributed by atoms with Crippen LogP contribution in [0, 0.1) is 0 Å². The zero-order valence-corrected chi connectivity index (χ0v) is 17.9. The van der Waals surface area contributed by atoms with E-state index < -0.39 is 62.6 Å². The molecule has 1 atom stereocenters. The monoisotopic (exact) mass is 508 g/mol. The Kier molecular flexibility index (Phi) is 7.12. The summed E-state index contributed by atoms with van der Waals surface area (Å²) >= 11 is -2.71. The maximum atomic E-state index is 13.0. The minimum atomic E-state index is -4.95. The normalized spacial score (nSPS) is 13.1. The topological polar surface area (TPSA) is 93.5 Å². The number of rotatable bonds is 6. The largest absolute Gasteiger partial charge is 0.611 e. The summed E-state index contributed by atoms with van der Waals surface area (Å²) in [4.78, 5) is 24.8. The molecule has 1 aromatic heterocycles. The van der Waals surface area contributed by atoms with Crippen molar-refractivity contribution in [1.29, 1.82) is 0 Å². The number of carbonyl (C=O) groups is 1. The van der Waals surface area contributed by atoms with Gasteiger partial charge in [0.25, 0.3) is 0 Å². The number of fused-ring (bicyclic) bond motifs is 1. The Morgan fingerprint density at radius 3 is 2.29 bits per heavy atom. The molecular formula is C20H14F6N2O5S. The van der Waals surface area contributed by atoms with Gasteiger partial charge in [-0.1, -0.05) is 6.07 Å². The number of benzene rings is 2. The predicted octanol–water partition coefficient (Wildman–Crippen LogP) is 4.13. The summed E-state index contributed by atoms with van der Waals surface area (Å²) in [5.74, 6) is -3.50. The van der Waals surface area contributed by atoms with E-state index in [1.165, 1.54) is 19.1 Å². The molecule has 7 nitrogen and oxygen atoms in total. The third-order valence-electron chi connectivity index (χ3n) is 4.20. The number of hydrogen-bond donors (Lipinski definition) is 0. The number of nitrogens with zero attached hydrogens (tertiary/aromatic N) is 2. The molecule has 0 amide bonds. The summed E-state index contributed by atoms with van der Waals surface area (Å²) in [6.45, 7) is 1.30. The van der Waals surface area contributed by atoms with E-state index in [1.54, 1.807) is 0 Å². The van der Waals surface area contributed by atoms with Crippen LogP contribution in [0.1, 0.15) is 17.4 Å². The second-order valence-corrected chi connectivity index (χ2v) is 8.03. The summed E-state index contributed by atoms with van der Waals surface area (Å²) < 4.78 is 97.8. The van der Waals surface area contributed by atoms with Crippen LogP contribution in [-0.4, -0.2) is 45.2 Å². The van der Waals surface area contributed by atoms with E-state index in [0.717, 1.165) is 35.0 Å². The van der Waals surface area contributed by atoms with Crippen LogP contribution in [0.15, 0.2) is 52.2 Å². The molecule has 0 saturated carbocycles. The molecule has 14 heteroatoms. The van der Waals surface area contributed by atoms with Crippen molar-refractivity contribution in [2.45, 2.75) is 24.4 Å². The molecule has 2 aromatic carbocycles. The first-order valence-electron chi connectivity index (χ1n) is 9.35. The third-order valence-corrected chi connectivity index (χ3v) is 5.62. The fourth-order valence-electron chi connectivity index (χ4n) is 2.98. The first-order chi connectivity index (χ1) is 15.8. The molecule has 0 radical (unpaired) electrons. The Morgan fingerprint density at radius 2 is 1.74 bits per heavy atom. The van der Waals surface area contributed by atoms with Crippen LogP contribution >= 0.6 is 0 Å². The zero-order chi connectivity index (χ0) is 25.3. The van der Waals surface area contributed by atoms with Crippen molar-refractivity contribution in [1.82, 2.24) is 9.78 Å². The van der Waals surface area contributed by atoms with Gasteiger partial charge in [-0.2, -0.15) is 18.3 Å². The third kappa shape index (κ3) is 5.80. The van der Waals surface area contributed by atoms with Crippen molar-refractivity contribution in [2.75, 3.05) is 12.4 Å². The van der Waals surface area contributed by atoms with Gasteiger partial charge < -0.3 is 14.0 Å². The summed E-state index contributed by atoms with van der Waals surface area (Å²) in [5.41, 5.74) is -2.01. The Labute approximate surface area is 190 Å². The Morgan fingerprint density at radius 1 is 1.09 bits per heavy atom. The quantitative estimate of drug-likeness (QED) is 0.283. The summed E-state index contributed by atoms with van der Waals surface area (Å²) in [5, 5.41) is 3.44. The lowest BCUT2D eigenvalue weighted by Gasteiger charge is -2.17. The minimum Gasteiger partial charge on any atom is -0.611 e. The fraction of sp³-hybridized carbons (Fsp3) is 0.250. The van der Waals surface area contributed by atoms with E-state index in [1.807, 2.05) is 0 Å². The summed E-state index contributed by atoms with van der Waals surface area (Å²) in [7, 11) is 0. The molecule has 0 aliphatic rings. The van der Waals surface area contributed by atoms with Gasteiger partial charge >= 0.3 is 18.5 Å². The number of ether oxygens (including phenoxy) is 2. The van der Waals surface area contributed by atoms with Crippen LogP contribution in [-0.2, 0) is 15.9 Å². The van der Waals surface area contributed by atoms with Crippen LogP contribution in [0.3, 0.4) is 0 Å². The summed E-state index contributed by atoms with van der Waals surface area (Å²) in [6.07, 6.45) is -9.75. The molecule has 0 fully saturated rings. The number of alkyl halides is 6. The molecule has 34 heavy (non-hydrogen) atoms. The molecule has 0 spiro atoms. The molecule has 0 saturated heterocycles. The van der Waals surface area contributed by atoms with E-state index >= 15 is 0 Å². The summed E-state index contributed by atoms with van der Waals surface area (Å²) in [6, 6.07) is 7.65. The van der Waals surface area contributed by atoms with Gasteiger partial charge in [0.15, 0.2) is 4.90 Å². The highest BCUT2D eigenvalue weighted by atomic mass is 32.2. The average molecular weight is 508 g/mol. The van der Waals surface area contributed by atoms with E-state index in [4.69, 9.17) is 4.74 Å². The van der Waals surface area contributed by atoms with Crippen molar-refractivity contribution in [3.63, 3.8) is 0 Å². The van der Waals surface area contributed by atoms with E-state index in [2.05, 4.69) is 9.84 Å². The van der Waals surface area contributed by atoms with E-state index in [9.17, 15) is 40.5 Å². The maximum absolute atomic E-state index is 13.0. The molecule has 0 N–H and O–H groups in total. The van der Waals surface area contributed by atoms with Crippen molar-refractivity contribution in [3.05, 3.63) is 58.4 Å².